The summed E-state index contributed by atoms with van der Waals surface area (Å²) in [5.41, 5.74) is 3.19. The van der Waals surface area contributed by atoms with Crippen LogP contribution in [0.2, 0.25) is 0 Å². The van der Waals surface area contributed by atoms with E-state index in [1.807, 2.05) is 18.2 Å². The van der Waals surface area contributed by atoms with Crippen LogP contribution in [0.5, 0.6) is 0 Å². The quantitative estimate of drug-likeness (QED) is 0.882. The number of aryl methyl sites for hydroxylation is 1. The summed E-state index contributed by atoms with van der Waals surface area (Å²) in [7, 11) is 1.33. The second-order valence-electron chi connectivity index (χ2n) is 5.67. The molecule has 0 fully saturated rings. The predicted octanol–water partition coefficient (Wildman–Crippen LogP) is 3.53. The summed E-state index contributed by atoms with van der Waals surface area (Å²) in [6.45, 7) is 0. The lowest BCUT2D eigenvalue weighted by molar-refractivity contribution is -0.117. The number of fused-ring (bicyclic) bond motifs is 1. The third-order valence-corrected chi connectivity index (χ3v) is 4.28. The van der Waals surface area contributed by atoms with Crippen LogP contribution in [0.4, 0.5) is 5.69 Å². The standard InChI is InChI=1S/C19H19NO3/c1-23-19(22)16-10-4-5-12-17(16)20-18(21)15-11-6-8-13-7-2-3-9-14(13)15/h2-5,7,9-10,12,15H,6,8,11H2,1H3,(H,20,21). The zero-order valence-corrected chi connectivity index (χ0v) is 13.0. The zero-order chi connectivity index (χ0) is 16.2. The number of hydrogen-bond acceptors (Lipinski definition) is 3. The molecule has 0 radical (unpaired) electrons. The molecular formula is C19H19NO3. The average Bonchev–Trinajstić information content (AvgIpc) is 2.61. The summed E-state index contributed by atoms with van der Waals surface area (Å²) in [5, 5.41) is 2.90. The number of carbonyl (C=O) groups is 2. The third kappa shape index (κ3) is 3.11. The van der Waals surface area contributed by atoms with E-state index in [0.717, 1.165) is 24.8 Å². The van der Waals surface area contributed by atoms with E-state index < -0.39 is 5.97 Å². The van der Waals surface area contributed by atoms with Crippen LogP contribution >= 0.6 is 0 Å². The van der Waals surface area contributed by atoms with Crippen LogP contribution in [0.3, 0.4) is 0 Å². The number of carbonyl (C=O) groups excluding carboxylic acids is 2. The summed E-state index contributed by atoms with van der Waals surface area (Å²) in [5.74, 6) is -0.705. The first kappa shape index (κ1) is 15.3. The molecule has 2 aromatic carbocycles. The van der Waals surface area contributed by atoms with Gasteiger partial charge in [0, 0.05) is 0 Å². The second-order valence-corrected chi connectivity index (χ2v) is 5.67. The Morgan fingerprint density at radius 2 is 1.83 bits per heavy atom. The summed E-state index contributed by atoms with van der Waals surface area (Å²) in [4.78, 5) is 24.5. The minimum Gasteiger partial charge on any atom is -0.465 e. The van der Waals surface area contributed by atoms with Gasteiger partial charge in [0.15, 0.2) is 0 Å². The lowest BCUT2D eigenvalue weighted by atomic mass is 9.82. The van der Waals surface area contributed by atoms with E-state index in [-0.39, 0.29) is 11.8 Å². The largest absolute Gasteiger partial charge is 0.465 e. The highest BCUT2D eigenvalue weighted by Gasteiger charge is 2.27. The predicted molar refractivity (Wildman–Crippen MR) is 88.5 cm³/mol. The molecule has 1 amide bonds. The van der Waals surface area contributed by atoms with Crippen molar-refractivity contribution in [3.05, 3.63) is 65.2 Å². The number of hydrogen-bond donors (Lipinski definition) is 1. The number of nitrogens with one attached hydrogen (secondary N) is 1. The summed E-state index contributed by atoms with van der Waals surface area (Å²) in [6.07, 6.45) is 2.83. The van der Waals surface area contributed by atoms with Crippen LogP contribution in [0.15, 0.2) is 48.5 Å². The smallest absolute Gasteiger partial charge is 0.339 e. The van der Waals surface area contributed by atoms with Gasteiger partial charge in [0.1, 0.15) is 0 Å². The molecule has 1 aliphatic rings. The average molecular weight is 309 g/mol. The Balaban J connectivity index is 1.85. The van der Waals surface area contributed by atoms with Crippen molar-refractivity contribution >= 4 is 17.6 Å². The van der Waals surface area contributed by atoms with Crippen LogP contribution in [-0.4, -0.2) is 19.0 Å². The fraction of sp³-hybridized carbons (Fsp3) is 0.263. The highest BCUT2D eigenvalue weighted by Crippen LogP contribution is 2.32. The first-order chi connectivity index (χ1) is 11.2. The number of benzene rings is 2. The third-order valence-electron chi connectivity index (χ3n) is 4.28. The number of anilines is 1. The van der Waals surface area contributed by atoms with Crippen molar-refractivity contribution in [3.8, 4) is 0 Å². The first-order valence-corrected chi connectivity index (χ1v) is 7.76. The number of para-hydroxylation sites is 1. The number of amides is 1. The lowest BCUT2D eigenvalue weighted by Crippen LogP contribution is -2.25. The van der Waals surface area contributed by atoms with E-state index in [2.05, 4.69) is 11.4 Å². The molecule has 118 valence electrons. The first-order valence-electron chi connectivity index (χ1n) is 7.76. The Kier molecular flexibility index (Phi) is 4.42. The van der Waals surface area contributed by atoms with Gasteiger partial charge in [0.2, 0.25) is 5.91 Å². The maximum atomic E-state index is 12.7. The van der Waals surface area contributed by atoms with Gasteiger partial charge in [-0.05, 0) is 42.5 Å². The van der Waals surface area contributed by atoms with E-state index in [1.54, 1.807) is 24.3 Å². The molecule has 0 bridgehead atoms. The van der Waals surface area contributed by atoms with Gasteiger partial charge in [-0.2, -0.15) is 0 Å². The molecule has 0 saturated carbocycles. The van der Waals surface area contributed by atoms with Gasteiger partial charge in [-0.1, -0.05) is 36.4 Å². The van der Waals surface area contributed by atoms with Crippen molar-refractivity contribution < 1.29 is 14.3 Å². The van der Waals surface area contributed by atoms with Crippen LogP contribution in [-0.2, 0) is 16.0 Å². The van der Waals surface area contributed by atoms with E-state index in [0.29, 0.717) is 11.3 Å². The number of rotatable bonds is 3. The lowest BCUT2D eigenvalue weighted by Gasteiger charge is -2.25. The maximum Gasteiger partial charge on any atom is 0.339 e. The van der Waals surface area contributed by atoms with Crippen LogP contribution in [0, 0.1) is 0 Å². The van der Waals surface area contributed by atoms with Crippen molar-refractivity contribution in [1.82, 2.24) is 0 Å². The van der Waals surface area contributed by atoms with Crippen molar-refractivity contribution in [2.24, 2.45) is 0 Å². The van der Waals surface area contributed by atoms with Gasteiger partial charge >= 0.3 is 5.97 Å². The number of esters is 1. The molecule has 1 atom stereocenters. The molecule has 3 rings (SSSR count). The maximum absolute atomic E-state index is 12.7. The van der Waals surface area contributed by atoms with E-state index in [1.165, 1.54) is 12.7 Å². The molecule has 0 heterocycles. The highest BCUT2D eigenvalue weighted by atomic mass is 16.5. The molecule has 0 aliphatic heterocycles. The zero-order valence-electron chi connectivity index (χ0n) is 13.0. The minimum absolute atomic E-state index is 0.0755. The molecule has 4 heteroatoms. The Hall–Kier alpha value is -2.62. The summed E-state index contributed by atoms with van der Waals surface area (Å²) >= 11 is 0. The molecule has 1 N–H and O–H groups in total. The fourth-order valence-corrected chi connectivity index (χ4v) is 3.13. The molecule has 23 heavy (non-hydrogen) atoms. The number of ether oxygens (including phenoxy) is 1. The van der Waals surface area contributed by atoms with Gasteiger partial charge < -0.3 is 10.1 Å². The Morgan fingerprint density at radius 3 is 2.65 bits per heavy atom. The van der Waals surface area contributed by atoms with Crippen molar-refractivity contribution in [2.75, 3.05) is 12.4 Å². The summed E-state index contributed by atoms with van der Waals surface area (Å²) < 4.78 is 4.77. The molecule has 1 aliphatic carbocycles. The molecular weight excluding hydrogens is 290 g/mol. The van der Waals surface area contributed by atoms with Gasteiger partial charge in [0.05, 0.1) is 24.3 Å². The van der Waals surface area contributed by atoms with Crippen LogP contribution in [0.1, 0.15) is 40.2 Å². The van der Waals surface area contributed by atoms with E-state index in [4.69, 9.17) is 4.74 Å². The molecule has 2 aromatic rings. The Labute approximate surface area is 135 Å². The van der Waals surface area contributed by atoms with Gasteiger partial charge in [-0.25, -0.2) is 4.79 Å². The Bertz CT molecular complexity index is 739. The second kappa shape index (κ2) is 6.65. The number of methoxy groups -OCH3 is 1. The van der Waals surface area contributed by atoms with Crippen LogP contribution < -0.4 is 5.32 Å². The van der Waals surface area contributed by atoms with E-state index in [9.17, 15) is 9.59 Å². The monoisotopic (exact) mass is 309 g/mol. The molecule has 0 saturated heterocycles. The highest BCUT2D eigenvalue weighted by molar-refractivity contribution is 6.03. The van der Waals surface area contributed by atoms with Crippen molar-refractivity contribution in [1.29, 1.82) is 0 Å². The topological polar surface area (TPSA) is 55.4 Å². The van der Waals surface area contributed by atoms with Gasteiger partial charge in [-0.15, -0.1) is 0 Å². The van der Waals surface area contributed by atoms with Crippen molar-refractivity contribution in [3.63, 3.8) is 0 Å². The van der Waals surface area contributed by atoms with Gasteiger partial charge in [0.25, 0.3) is 0 Å². The molecule has 1 unspecified atom stereocenters. The Morgan fingerprint density at radius 1 is 1.09 bits per heavy atom. The minimum atomic E-state index is -0.454. The normalized spacial score (nSPS) is 16.3. The molecule has 0 spiro atoms. The fourth-order valence-electron chi connectivity index (χ4n) is 3.13. The summed E-state index contributed by atoms with van der Waals surface area (Å²) in [6, 6.07) is 15.0. The molecule has 0 aromatic heterocycles. The van der Waals surface area contributed by atoms with Crippen molar-refractivity contribution in [2.45, 2.75) is 25.2 Å². The van der Waals surface area contributed by atoms with E-state index >= 15 is 0 Å². The van der Waals surface area contributed by atoms with Crippen LogP contribution in [0.25, 0.3) is 0 Å². The molecule has 4 nitrogen and oxygen atoms in total. The SMILES string of the molecule is COC(=O)c1ccccc1NC(=O)C1CCCc2ccccc21. The van der Waals surface area contributed by atoms with Gasteiger partial charge in [-0.3, -0.25) is 4.79 Å².